The second-order valence-corrected chi connectivity index (χ2v) is 9.77. The molecule has 0 heterocycles. The SMILES string of the molecule is CC[C@@H](C)NC(=O)[C@@H](Cc1ccccc1)N(Cc1ccc(Cl)c(Cl)c1)C(=O)Cc1ccc(C)cc1. The van der Waals surface area contributed by atoms with Gasteiger partial charge < -0.3 is 10.2 Å². The molecule has 0 aliphatic carbocycles. The van der Waals surface area contributed by atoms with E-state index in [1.165, 1.54) is 0 Å². The molecule has 3 rings (SSSR count). The van der Waals surface area contributed by atoms with E-state index >= 15 is 0 Å². The van der Waals surface area contributed by atoms with Crippen LogP contribution in [-0.4, -0.2) is 28.8 Å². The number of aryl methyl sites for hydroxylation is 1. The predicted molar refractivity (Wildman–Crippen MR) is 144 cm³/mol. The number of carbonyl (C=O) groups excluding carboxylic acids is 2. The lowest BCUT2D eigenvalue weighted by atomic mass is 10.0. The Kier molecular flexibility index (Phi) is 9.76. The van der Waals surface area contributed by atoms with Gasteiger partial charge in [-0.3, -0.25) is 9.59 Å². The Morgan fingerprint density at radius 2 is 1.54 bits per heavy atom. The third-order valence-corrected chi connectivity index (χ3v) is 6.82. The topological polar surface area (TPSA) is 49.4 Å². The fourth-order valence-corrected chi connectivity index (χ4v) is 4.13. The number of carbonyl (C=O) groups is 2. The Labute approximate surface area is 218 Å². The molecule has 2 amide bonds. The molecule has 6 heteroatoms. The van der Waals surface area contributed by atoms with Gasteiger partial charge >= 0.3 is 0 Å². The number of benzene rings is 3. The van der Waals surface area contributed by atoms with E-state index in [-0.39, 0.29) is 30.8 Å². The zero-order valence-corrected chi connectivity index (χ0v) is 21.9. The molecule has 3 aromatic rings. The number of rotatable bonds is 10. The molecule has 0 aliphatic rings. The summed E-state index contributed by atoms with van der Waals surface area (Å²) in [5.41, 5.74) is 3.83. The molecule has 2 atom stereocenters. The van der Waals surface area contributed by atoms with Crippen molar-refractivity contribution in [2.75, 3.05) is 0 Å². The first-order valence-corrected chi connectivity index (χ1v) is 12.7. The second-order valence-electron chi connectivity index (χ2n) is 8.96. The summed E-state index contributed by atoms with van der Waals surface area (Å²) >= 11 is 12.4. The fraction of sp³-hybridized carbons (Fsp3) is 0.310. The van der Waals surface area contributed by atoms with Crippen LogP contribution in [0.25, 0.3) is 0 Å². The molecule has 1 N–H and O–H groups in total. The molecule has 0 fully saturated rings. The van der Waals surface area contributed by atoms with Crippen molar-refractivity contribution in [3.05, 3.63) is 105 Å². The van der Waals surface area contributed by atoms with Gasteiger partial charge in [0.1, 0.15) is 6.04 Å². The smallest absolute Gasteiger partial charge is 0.243 e. The lowest BCUT2D eigenvalue weighted by Crippen LogP contribution is -2.52. The highest BCUT2D eigenvalue weighted by atomic mass is 35.5. The van der Waals surface area contributed by atoms with Gasteiger partial charge in [-0.25, -0.2) is 0 Å². The van der Waals surface area contributed by atoms with Gasteiger partial charge in [-0.05, 0) is 49.1 Å². The van der Waals surface area contributed by atoms with Crippen molar-refractivity contribution in [2.24, 2.45) is 0 Å². The average molecular weight is 511 g/mol. The van der Waals surface area contributed by atoms with Crippen LogP contribution in [0, 0.1) is 6.92 Å². The Morgan fingerprint density at radius 3 is 2.17 bits per heavy atom. The van der Waals surface area contributed by atoms with Crippen LogP contribution in [-0.2, 0) is 29.0 Å². The standard InChI is InChI=1S/C29H32Cl2N2O2/c1-4-21(3)32-29(35)27(17-22-8-6-5-7-9-22)33(19-24-14-15-25(30)26(31)16-24)28(34)18-23-12-10-20(2)11-13-23/h5-16,21,27H,4,17-19H2,1-3H3,(H,32,35)/t21-,27-/m1/s1. The van der Waals surface area contributed by atoms with E-state index in [1.807, 2.05) is 81.4 Å². The minimum Gasteiger partial charge on any atom is -0.352 e. The summed E-state index contributed by atoms with van der Waals surface area (Å²) in [6.45, 7) is 6.24. The highest BCUT2D eigenvalue weighted by Gasteiger charge is 2.31. The van der Waals surface area contributed by atoms with Gasteiger partial charge in [0.2, 0.25) is 11.8 Å². The Balaban J connectivity index is 1.98. The third kappa shape index (κ3) is 7.84. The fourth-order valence-electron chi connectivity index (χ4n) is 3.81. The maximum absolute atomic E-state index is 13.7. The molecule has 0 bridgehead atoms. The van der Waals surface area contributed by atoms with E-state index in [1.54, 1.807) is 17.0 Å². The Bertz CT molecular complexity index is 1130. The molecular weight excluding hydrogens is 479 g/mol. The van der Waals surface area contributed by atoms with Crippen molar-refractivity contribution < 1.29 is 9.59 Å². The van der Waals surface area contributed by atoms with Gasteiger partial charge in [0, 0.05) is 19.0 Å². The van der Waals surface area contributed by atoms with Gasteiger partial charge in [0.25, 0.3) is 0 Å². The monoisotopic (exact) mass is 510 g/mol. The van der Waals surface area contributed by atoms with Crippen LogP contribution >= 0.6 is 23.2 Å². The minimum absolute atomic E-state index is 0.000185. The van der Waals surface area contributed by atoms with Crippen molar-refractivity contribution in [1.82, 2.24) is 10.2 Å². The highest BCUT2D eigenvalue weighted by Crippen LogP contribution is 2.25. The summed E-state index contributed by atoms with van der Waals surface area (Å²) in [5.74, 6) is -0.291. The van der Waals surface area contributed by atoms with Crippen molar-refractivity contribution in [3.63, 3.8) is 0 Å². The number of nitrogens with one attached hydrogen (secondary N) is 1. The van der Waals surface area contributed by atoms with Gasteiger partial charge in [0.05, 0.1) is 16.5 Å². The molecule has 0 spiro atoms. The number of halogens is 2. The quantitative estimate of drug-likeness (QED) is 0.343. The predicted octanol–water partition coefficient (Wildman–Crippen LogP) is 6.40. The average Bonchev–Trinajstić information content (AvgIpc) is 2.85. The van der Waals surface area contributed by atoms with Crippen LogP contribution in [0.3, 0.4) is 0 Å². The van der Waals surface area contributed by atoms with Crippen molar-refractivity contribution in [2.45, 2.75) is 58.7 Å². The third-order valence-electron chi connectivity index (χ3n) is 6.09. The summed E-state index contributed by atoms with van der Waals surface area (Å²) < 4.78 is 0. The summed E-state index contributed by atoms with van der Waals surface area (Å²) in [7, 11) is 0. The van der Waals surface area contributed by atoms with Gasteiger partial charge in [0.15, 0.2) is 0 Å². The van der Waals surface area contributed by atoms with Crippen molar-refractivity contribution in [3.8, 4) is 0 Å². The number of amides is 2. The summed E-state index contributed by atoms with van der Waals surface area (Å²) in [5, 5.41) is 3.95. The highest BCUT2D eigenvalue weighted by molar-refractivity contribution is 6.42. The molecule has 35 heavy (non-hydrogen) atoms. The number of hydrogen-bond donors (Lipinski definition) is 1. The van der Waals surface area contributed by atoms with E-state index in [4.69, 9.17) is 23.2 Å². The summed E-state index contributed by atoms with van der Waals surface area (Å²) in [6, 6.07) is 22.3. The molecule has 4 nitrogen and oxygen atoms in total. The molecule has 3 aromatic carbocycles. The Hall–Kier alpha value is -2.82. The van der Waals surface area contributed by atoms with Crippen LogP contribution in [0.1, 0.15) is 42.5 Å². The summed E-state index contributed by atoms with van der Waals surface area (Å²) in [4.78, 5) is 28.9. The van der Waals surface area contributed by atoms with Gasteiger partial charge in [-0.2, -0.15) is 0 Å². The van der Waals surface area contributed by atoms with Crippen LogP contribution in [0.15, 0.2) is 72.8 Å². The minimum atomic E-state index is -0.682. The molecule has 0 aromatic heterocycles. The first kappa shape index (κ1) is 26.8. The zero-order valence-electron chi connectivity index (χ0n) is 20.4. The molecule has 0 saturated heterocycles. The van der Waals surface area contributed by atoms with E-state index in [0.717, 1.165) is 28.7 Å². The molecule has 0 radical (unpaired) electrons. The van der Waals surface area contributed by atoms with E-state index in [0.29, 0.717) is 16.5 Å². The Morgan fingerprint density at radius 1 is 0.886 bits per heavy atom. The van der Waals surface area contributed by atoms with Crippen molar-refractivity contribution in [1.29, 1.82) is 0 Å². The zero-order chi connectivity index (χ0) is 25.4. The summed E-state index contributed by atoms with van der Waals surface area (Å²) in [6.07, 6.45) is 1.40. The lowest BCUT2D eigenvalue weighted by Gasteiger charge is -2.32. The molecule has 0 unspecified atom stereocenters. The normalized spacial score (nSPS) is 12.6. The van der Waals surface area contributed by atoms with E-state index in [9.17, 15) is 9.59 Å². The van der Waals surface area contributed by atoms with Crippen LogP contribution in [0.4, 0.5) is 0 Å². The van der Waals surface area contributed by atoms with Crippen LogP contribution in [0.5, 0.6) is 0 Å². The lowest BCUT2D eigenvalue weighted by molar-refractivity contribution is -0.141. The molecule has 0 aliphatic heterocycles. The second kappa shape index (κ2) is 12.8. The van der Waals surface area contributed by atoms with Crippen LogP contribution in [0.2, 0.25) is 10.0 Å². The maximum atomic E-state index is 13.7. The largest absolute Gasteiger partial charge is 0.352 e. The molecular formula is C29H32Cl2N2O2. The molecule has 184 valence electrons. The first-order chi connectivity index (χ1) is 16.8. The number of nitrogens with zero attached hydrogens (tertiary/aromatic N) is 1. The van der Waals surface area contributed by atoms with E-state index < -0.39 is 6.04 Å². The van der Waals surface area contributed by atoms with Gasteiger partial charge in [-0.1, -0.05) is 96.4 Å². The first-order valence-electron chi connectivity index (χ1n) is 11.9. The molecule has 0 saturated carbocycles. The van der Waals surface area contributed by atoms with Crippen LogP contribution < -0.4 is 5.32 Å². The number of hydrogen-bond acceptors (Lipinski definition) is 2. The van der Waals surface area contributed by atoms with Gasteiger partial charge in [-0.15, -0.1) is 0 Å². The van der Waals surface area contributed by atoms with Crippen molar-refractivity contribution >= 4 is 35.0 Å². The maximum Gasteiger partial charge on any atom is 0.243 e. The van der Waals surface area contributed by atoms with E-state index in [2.05, 4.69) is 5.32 Å².